The van der Waals surface area contributed by atoms with Gasteiger partial charge in [0.15, 0.2) is 0 Å². The summed E-state index contributed by atoms with van der Waals surface area (Å²) in [6.45, 7) is 29.1. The number of allylic oxidation sites excluding steroid dienone is 11. The highest BCUT2D eigenvalue weighted by molar-refractivity contribution is 6.06. The van der Waals surface area contributed by atoms with E-state index in [1.165, 1.54) is 11.1 Å². The monoisotopic (exact) mass is 572 g/mol. The highest BCUT2D eigenvalue weighted by atomic mass is 16.6. The summed E-state index contributed by atoms with van der Waals surface area (Å²) < 4.78 is 5.66. The summed E-state index contributed by atoms with van der Waals surface area (Å²) in [4.78, 5) is 21.9. The van der Waals surface area contributed by atoms with E-state index in [0.717, 1.165) is 47.4 Å². The van der Waals surface area contributed by atoms with Crippen molar-refractivity contribution in [1.29, 1.82) is 5.26 Å². The van der Waals surface area contributed by atoms with Crippen molar-refractivity contribution in [1.82, 2.24) is 9.80 Å². The Labute approximate surface area is 255 Å². The van der Waals surface area contributed by atoms with Crippen LogP contribution in [0.1, 0.15) is 88.0 Å². The lowest BCUT2D eigenvalue weighted by Crippen LogP contribution is -2.54. The number of nitrogens with zero attached hydrogens (tertiary/aromatic N) is 4. The smallest absolute Gasteiger partial charge is 0.410 e. The van der Waals surface area contributed by atoms with E-state index in [4.69, 9.17) is 9.73 Å². The van der Waals surface area contributed by atoms with E-state index in [2.05, 4.69) is 77.8 Å². The van der Waals surface area contributed by atoms with Gasteiger partial charge >= 0.3 is 6.09 Å². The second kappa shape index (κ2) is 15.6. The molecule has 6 heteroatoms. The molecule has 228 valence electrons. The zero-order chi connectivity index (χ0) is 31.6. The summed E-state index contributed by atoms with van der Waals surface area (Å²) in [6.07, 6.45) is 12.7. The van der Waals surface area contributed by atoms with Gasteiger partial charge in [-0.25, -0.2) is 4.79 Å². The molecule has 1 aliphatic heterocycles. The number of aliphatic imine (C=N–C) groups is 1. The van der Waals surface area contributed by atoms with E-state index in [-0.39, 0.29) is 12.1 Å². The van der Waals surface area contributed by atoms with Crippen molar-refractivity contribution in [3.05, 3.63) is 82.8 Å². The fourth-order valence-corrected chi connectivity index (χ4v) is 5.68. The van der Waals surface area contributed by atoms with Gasteiger partial charge in [0, 0.05) is 49.6 Å². The lowest BCUT2D eigenvalue weighted by Gasteiger charge is -2.43. The van der Waals surface area contributed by atoms with E-state index in [9.17, 15) is 10.1 Å². The first-order chi connectivity index (χ1) is 19.8. The zero-order valence-corrected chi connectivity index (χ0v) is 27.5. The molecule has 2 unspecified atom stereocenters. The van der Waals surface area contributed by atoms with Crippen LogP contribution in [0, 0.1) is 17.2 Å². The third-order valence-corrected chi connectivity index (χ3v) is 8.01. The van der Waals surface area contributed by atoms with Crippen LogP contribution in [0.25, 0.3) is 0 Å². The van der Waals surface area contributed by atoms with Crippen LogP contribution >= 0.6 is 0 Å². The van der Waals surface area contributed by atoms with Crippen molar-refractivity contribution in [3.63, 3.8) is 0 Å². The Hall–Kier alpha value is -3.59. The van der Waals surface area contributed by atoms with Gasteiger partial charge in [0.05, 0.1) is 17.4 Å². The Morgan fingerprint density at radius 3 is 2.52 bits per heavy atom. The van der Waals surface area contributed by atoms with Gasteiger partial charge in [-0.2, -0.15) is 5.26 Å². The molecular formula is C36H52N4O2. The minimum atomic E-state index is -0.528. The second-order valence-electron chi connectivity index (χ2n) is 12.2. The molecule has 1 amide bonds. The molecule has 1 heterocycles. The standard InChI is InChI=1S/C36H52N4O2/c1-12-25(5)31(14-3)34(28(8)40-20-19-39(24-27(40)7)35(41)42-36(9,10)11)33(38-15-4)21-26(6)32-22-29(23-37)17-16-18-30(32)13-2/h14-17,22,25,27H,4,6,12-13,18-21,24H2,1-3,5,7-11H3/b31-14-,34-28+,38-33?. The average molecular weight is 573 g/mol. The van der Waals surface area contributed by atoms with Crippen molar-refractivity contribution in [2.24, 2.45) is 10.9 Å². The van der Waals surface area contributed by atoms with Crippen LogP contribution in [-0.4, -0.2) is 52.9 Å². The Balaban J connectivity index is 2.58. The topological polar surface area (TPSA) is 68.9 Å². The average Bonchev–Trinajstić information content (AvgIpc) is 3.16. The normalized spacial score (nSPS) is 19.9. The van der Waals surface area contributed by atoms with Gasteiger partial charge < -0.3 is 14.5 Å². The van der Waals surface area contributed by atoms with Gasteiger partial charge in [-0.05, 0) is 95.6 Å². The number of hydrogen-bond acceptors (Lipinski definition) is 5. The molecule has 0 saturated carbocycles. The summed E-state index contributed by atoms with van der Waals surface area (Å²) in [5, 5.41) is 9.66. The SMILES string of the molecule is C=CN=C(CC(=C)C1=C(CC)CC=CC(C#N)=C1)C(/C(=C\C)C(C)CC)=C(\C)N1CCN(C(=O)OC(C)(C)C)CC1C. The third kappa shape index (κ3) is 8.95. The van der Waals surface area contributed by atoms with Crippen LogP contribution < -0.4 is 0 Å². The fraction of sp³-hybridized carbons (Fsp3) is 0.528. The van der Waals surface area contributed by atoms with Gasteiger partial charge in [0.25, 0.3) is 0 Å². The maximum atomic E-state index is 12.8. The predicted molar refractivity (Wildman–Crippen MR) is 176 cm³/mol. The molecule has 0 N–H and O–H groups in total. The Kier molecular flexibility index (Phi) is 12.8. The summed E-state index contributed by atoms with van der Waals surface area (Å²) in [7, 11) is 0. The maximum Gasteiger partial charge on any atom is 0.410 e. The molecule has 42 heavy (non-hydrogen) atoms. The second-order valence-corrected chi connectivity index (χ2v) is 12.2. The van der Waals surface area contributed by atoms with Crippen LogP contribution in [0.3, 0.4) is 0 Å². The van der Waals surface area contributed by atoms with Gasteiger partial charge in [-0.15, -0.1) is 0 Å². The molecule has 2 atom stereocenters. The number of rotatable bonds is 10. The van der Waals surface area contributed by atoms with Crippen molar-refractivity contribution < 1.29 is 9.53 Å². The van der Waals surface area contributed by atoms with Crippen LogP contribution in [0.4, 0.5) is 4.79 Å². The molecule has 2 aliphatic rings. The Bertz CT molecular complexity index is 1260. The van der Waals surface area contributed by atoms with E-state index >= 15 is 0 Å². The van der Waals surface area contributed by atoms with Crippen LogP contribution in [0.2, 0.25) is 0 Å². The molecule has 0 bridgehead atoms. The van der Waals surface area contributed by atoms with E-state index in [0.29, 0.717) is 37.5 Å². The first kappa shape index (κ1) is 34.6. The maximum absolute atomic E-state index is 12.8. The summed E-state index contributed by atoms with van der Waals surface area (Å²) in [6, 6.07) is 2.40. The van der Waals surface area contributed by atoms with E-state index < -0.39 is 5.60 Å². The molecular weight excluding hydrogens is 520 g/mol. The number of ether oxygens (including phenoxy) is 1. The van der Waals surface area contributed by atoms with Crippen molar-refractivity contribution in [3.8, 4) is 6.07 Å². The van der Waals surface area contributed by atoms with Gasteiger partial charge in [0.2, 0.25) is 0 Å². The first-order valence-corrected chi connectivity index (χ1v) is 15.3. The molecule has 6 nitrogen and oxygen atoms in total. The minimum Gasteiger partial charge on any atom is -0.444 e. The van der Waals surface area contributed by atoms with E-state index in [1.54, 1.807) is 6.20 Å². The molecule has 1 saturated heterocycles. The molecule has 0 aromatic heterocycles. The number of hydrogen-bond donors (Lipinski definition) is 0. The molecule has 1 fully saturated rings. The molecule has 0 radical (unpaired) electrons. The fourth-order valence-electron chi connectivity index (χ4n) is 5.68. The highest BCUT2D eigenvalue weighted by Crippen LogP contribution is 2.34. The highest BCUT2D eigenvalue weighted by Gasteiger charge is 2.32. The lowest BCUT2D eigenvalue weighted by molar-refractivity contribution is 0.0101. The number of amides is 1. The van der Waals surface area contributed by atoms with Crippen molar-refractivity contribution >= 4 is 11.8 Å². The van der Waals surface area contributed by atoms with Crippen molar-refractivity contribution in [2.75, 3.05) is 19.6 Å². The zero-order valence-electron chi connectivity index (χ0n) is 27.5. The molecule has 0 aromatic carbocycles. The minimum absolute atomic E-state index is 0.0907. The number of piperazine rings is 1. The van der Waals surface area contributed by atoms with E-state index in [1.807, 2.05) is 37.8 Å². The molecule has 0 spiro atoms. The number of carbonyl (C=O) groups is 1. The number of carbonyl (C=O) groups excluding carboxylic acids is 1. The van der Waals surface area contributed by atoms with Crippen LogP contribution in [0.5, 0.6) is 0 Å². The van der Waals surface area contributed by atoms with Gasteiger partial charge in [-0.1, -0.05) is 51.7 Å². The van der Waals surface area contributed by atoms with Gasteiger partial charge in [-0.3, -0.25) is 4.99 Å². The summed E-state index contributed by atoms with van der Waals surface area (Å²) in [5.74, 6) is 0.319. The largest absolute Gasteiger partial charge is 0.444 e. The van der Waals surface area contributed by atoms with Crippen LogP contribution in [-0.2, 0) is 4.74 Å². The summed E-state index contributed by atoms with van der Waals surface area (Å²) in [5.41, 5.74) is 7.75. The molecule has 2 rings (SSSR count). The first-order valence-electron chi connectivity index (χ1n) is 15.3. The number of nitriles is 1. The third-order valence-electron chi connectivity index (χ3n) is 8.01. The van der Waals surface area contributed by atoms with Crippen LogP contribution in [0.15, 0.2) is 87.8 Å². The van der Waals surface area contributed by atoms with Crippen molar-refractivity contribution in [2.45, 2.75) is 99.6 Å². The molecule has 0 aromatic rings. The quantitative estimate of drug-likeness (QED) is 0.194. The Morgan fingerprint density at radius 1 is 1.31 bits per heavy atom. The summed E-state index contributed by atoms with van der Waals surface area (Å²) >= 11 is 0. The Morgan fingerprint density at radius 2 is 2.00 bits per heavy atom. The van der Waals surface area contributed by atoms with Gasteiger partial charge in [0.1, 0.15) is 5.60 Å². The lowest BCUT2D eigenvalue weighted by atomic mass is 9.84. The molecule has 1 aliphatic carbocycles. The predicted octanol–water partition coefficient (Wildman–Crippen LogP) is 8.84.